The molecule has 0 unspecified atom stereocenters. The molecule has 5 heteroatoms. The minimum absolute atomic E-state index is 0.0256. The van der Waals surface area contributed by atoms with Crippen LogP contribution in [0.1, 0.15) is 52.8 Å². The van der Waals surface area contributed by atoms with Crippen molar-refractivity contribution in [2.24, 2.45) is 0 Å². The van der Waals surface area contributed by atoms with E-state index in [9.17, 15) is 4.79 Å². The van der Waals surface area contributed by atoms with Crippen LogP contribution in [-0.2, 0) is 6.42 Å². The third-order valence-electron chi connectivity index (χ3n) is 2.98. The molecule has 0 aliphatic carbocycles. The minimum Gasteiger partial charge on any atom is -0.469 e. The Kier molecular flexibility index (Phi) is 4.60. The molecule has 0 saturated heterocycles. The number of hydrogen-bond donors (Lipinski definition) is 1. The quantitative estimate of drug-likeness (QED) is 0.917. The molecule has 1 atom stereocenters. The van der Waals surface area contributed by atoms with Crippen LogP contribution in [0, 0.1) is 6.92 Å². The molecule has 0 spiro atoms. The summed E-state index contributed by atoms with van der Waals surface area (Å²) in [6.07, 6.45) is 2.33. The molecule has 2 aromatic rings. The maximum absolute atomic E-state index is 12.3. The predicted octanol–water partition coefficient (Wildman–Crippen LogP) is 3.53. The summed E-state index contributed by atoms with van der Waals surface area (Å²) in [5.74, 6) is 1.17. The van der Waals surface area contributed by atoms with Crippen molar-refractivity contribution in [1.82, 2.24) is 10.3 Å². The van der Waals surface area contributed by atoms with E-state index in [1.165, 1.54) is 11.3 Å². The van der Waals surface area contributed by atoms with E-state index in [1.807, 2.05) is 26.0 Å². The number of furan rings is 1. The van der Waals surface area contributed by atoms with Gasteiger partial charge in [0.15, 0.2) is 0 Å². The van der Waals surface area contributed by atoms with Gasteiger partial charge in [-0.1, -0.05) is 13.8 Å². The topological polar surface area (TPSA) is 55.1 Å². The number of carbonyl (C=O) groups excluding carboxylic acids is 1. The lowest BCUT2D eigenvalue weighted by Gasteiger charge is -2.11. The Morgan fingerprint density at radius 1 is 1.45 bits per heavy atom. The maximum atomic E-state index is 12.3. The molecular formula is C15H20N2O2S. The van der Waals surface area contributed by atoms with Crippen LogP contribution < -0.4 is 5.32 Å². The summed E-state index contributed by atoms with van der Waals surface area (Å²) in [6.45, 7) is 8.02. The average Bonchev–Trinajstić information content (AvgIpc) is 2.98. The van der Waals surface area contributed by atoms with E-state index in [1.54, 1.807) is 6.26 Å². The summed E-state index contributed by atoms with van der Waals surface area (Å²) < 4.78 is 5.29. The molecule has 2 aromatic heterocycles. The van der Waals surface area contributed by atoms with Crippen molar-refractivity contribution in [2.45, 2.75) is 46.1 Å². The first-order valence-corrected chi connectivity index (χ1v) is 7.59. The van der Waals surface area contributed by atoms with E-state index in [0.29, 0.717) is 17.2 Å². The number of rotatable bonds is 5. The van der Waals surface area contributed by atoms with Crippen LogP contribution in [0.3, 0.4) is 0 Å². The highest BCUT2D eigenvalue weighted by atomic mass is 32.1. The van der Waals surface area contributed by atoms with Gasteiger partial charge in [-0.2, -0.15) is 0 Å². The summed E-state index contributed by atoms with van der Waals surface area (Å²) in [6, 6.07) is 3.79. The Bertz CT molecular complexity index is 573. The number of aromatic nitrogens is 1. The van der Waals surface area contributed by atoms with Gasteiger partial charge in [-0.05, 0) is 26.0 Å². The zero-order valence-electron chi connectivity index (χ0n) is 12.3. The lowest BCUT2D eigenvalue weighted by molar-refractivity contribution is 0.0942. The van der Waals surface area contributed by atoms with Crippen LogP contribution in [-0.4, -0.2) is 16.9 Å². The molecule has 0 aliphatic heterocycles. The molecule has 2 rings (SSSR count). The molecule has 0 aromatic carbocycles. The van der Waals surface area contributed by atoms with Gasteiger partial charge in [0, 0.05) is 18.4 Å². The van der Waals surface area contributed by atoms with Gasteiger partial charge in [0.25, 0.3) is 5.91 Å². The van der Waals surface area contributed by atoms with Crippen LogP contribution >= 0.6 is 11.3 Å². The van der Waals surface area contributed by atoms with Crippen LogP contribution in [0.4, 0.5) is 0 Å². The lowest BCUT2D eigenvalue weighted by Crippen LogP contribution is -2.33. The fourth-order valence-corrected chi connectivity index (χ4v) is 2.92. The number of nitrogens with one attached hydrogen (secondary N) is 1. The Morgan fingerprint density at radius 2 is 2.20 bits per heavy atom. The second kappa shape index (κ2) is 6.22. The van der Waals surface area contributed by atoms with E-state index in [0.717, 1.165) is 16.5 Å². The number of amides is 1. The molecule has 1 N–H and O–H groups in total. The Hall–Kier alpha value is -1.62. The van der Waals surface area contributed by atoms with Crippen molar-refractivity contribution in [3.05, 3.63) is 39.7 Å². The highest BCUT2D eigenvalue weighted by molar-refractivity contribution is 7.13. The van der Waals surface area contributed by atoms with Gasteiger partial charge in [0.2, 0.25) is 0 Å². The van der Waals surface area contributed by atoms with Gasteiger partial charge in [-0.3, -0.25) is 4.79 Å². The molecule has 0 fully saturated rings. The Labute approximate surface area is 123 Å². The van der Waals surface area contributed by atoms with Crippen molar-refractivity contribution in [3.8, 4) is 0 Å². The fourth-order valence-electron chi connectivity index (χ4n) is 1.95. The number of aryl methyl sites for hydroxylation is 1. The normalized spacial score (nSPS) is 12.7. The number of hydrogen-bond acceptors (Lipinski definition) is 4. The van der Waals surface area contributed by atoms with Gasteiger partial charge in [-0.25, -0.2) is 4.98 Å². The van der Waals surface area contributed by atoms with E-state index in [2.05, 4.69) is 24.1 Å². The molecular weight excluding hydrogens is 272 g/mol. The van der Waals surface area contributed by atoms with Crippen molar-refractivity contribution in [1.29, 1.82) is 0 Å². The summed E-state index contributed by atoms with van der Waals surface area (Å²) in [7, 11) is 0. The standard InChI is InChI=1S/C15H20N2O2S/c1-9(2)15-17-11(4)13(20-15)14(18)16-10(3)8-12-6-5-7-19-12/h5-7,9-10H,8H2,1-4H3,(H,16,18)/t10-/m0/s1. The van der Waals surface area contributed by atoms with Gasteiger partial charge in [0.1, 0.15) is 10.6 Å². The average molecular weight is 292 g/mol. The maximum Gasteiger partial charge on any atom is 0.263 e. The highest BCUT2D eigenvalue weighted by Gasteiger charge is 2.18. The van der Waals surface area contributed by atoms with E-state index >= 15 is 0 Å². The van der Waals surface area contributed by atoms with Crippen LogP contribution in [0.5, 0.6) is 0 Å². The summed E-state index contributed by atoms with van der Waals surface area (Å²) in [5.41, 5.74) is 0.807. The first-order chi connectivity index (χ1) is 9.47. The molecule has 0 bridgehead atoms. The van der Waals surface area contributed by atoms with Crippen molar-refractivity contribution < 1.29 is 9.21 Å². The first kappa shape index (κ1) is 14.8. The van der Waals surface area contributed by atoms with Gasteiger partial charge >= 0.3 is 0 Å². The summed E-state index contributed by atoms with van der Waals surface area (Å²) >= 11 is 1.48. The largest absolute Gasteiger partial charge is 0.469 e. The zero-order valence-corrected chi connectivity index (χ0v) is 13.1. The molecule has 0 radical (unpaired) electrons. The van der Waals surface area contributed by atoms with Gasteiger partial charge in [-0.15, -0.1) is 11.3 Å². The van der Waals surface area contributed by atoms with Crippen molar-refractivity contribution in [3.63, 3.8) is 0 Å². The molecule has 108 valence electrons. The molecule has 2 heterocycles. The predicted molar refractivity (Wildman–Crippen MR) is 80.3 cm³/mol. The van der Waals surface area contributed by atoms with Crippen LogP contribution in [0.15, 0.2) is 22.8 Å². The van der Waals surface area contributed by atoms with Gasteiger partial charge < -0.3 is 9.73 Å². The van der Waals surface area contributed by atoms with E-state index in [4.69, 9.17) is 4.42 Å². The summed E-state index contributed by atoms with van der Waals surface area (Å²) in [4.78, 5) is 17.4. The van der Waals surface area contributed by atoms with Crippen LogP contribution in [0.2, 0.25) is 0 Å². The Morgan fingerprint density at radius 3 is 2.75 bits per heavy atom. The molecule has 20 heavy (non-hydrogen) atoms. The SMILES string of the molecule is Cc1nc(C(C)C)sc1C(=O)N[C@@H](C)Cc1ccco1. The molecule has 0 saturated carbocycles. The second-order valence-corrected chi connectivity index (χ2v) is 6.31. The monoisotopic (exact) mass is 292 g/mol. The van der Waals surface area contributed by atoms with Crippen molar-refractivity contribution in [2.75, 3.05) is 0 Å². The highest BCUT2D eigenvalue weighted by Crippen LogP contribution is 2.24. The summed E-state index contributed by atoms with van der Waals surface area (Å²) in [5, 5.41) is 4.00. The smallest absolute Gasteiger partial charge is 0.263 e. The number of thiazole rings is 1. The third kappa shape index (κ3) is 3.48. The molecule has 0 aliphatic rings. The Balaban J connectivity index is 2.00. The zero-order chi connectivity index (χ0) is 14.7. The minimum atomic E-state index is -0.0500. The lowest BCUT2D eigenvalue weighted by atomic mass is 10.2. The molecule has 1 amide bonds. The van der Waals surface area contributed by atoms with Crippen molar-refractivity contribution >= 4 is 17.2 Å². The van der Waals surface area contributed by atoms with Crippen LogP contribution in [0.25, 0.3) is 0 Å². The number of carbonyl (C=O) groups is 1. The second-order valence-electron chi connectivity index (χ2n) is 5.28. The number of nitrogens with zero attached hydrogens (tertiary/aromatic N) is 1. The first-order valence-electron chi connectivity index (χ1n) is 6.78. The van der Waals surface area contributed by atoms with Gasteiger partial charge in [0.05, 0.1) is 17.0 Å². The fraction of sp³-hybridized carbons (Fsp3) is 0.467. The third-order valence-corrected chi connectivity index (χ3v) is 4.43. The molecule has 4 nitrogen and oxygen atoms in total. The van der Waals surface area contributed by atoms with E-state index in [-0.39, 0.29) is 11.9 Å². The van der Waals surface area contributed by atoms with E-state index < -0.39 is 0 Å².